The molecule has 2 aliphatic rings. The number of ketones is 1. The Bertz CT molecular complexity index is 691. The Morgan fingerprint density at radius 2 is 2.12 bits per heavy atom. The number of nitrogens with zero attached hydrogens (tertiary/aromatic N) is 1. The predicted octanol–water partition coefficient (Wildman–Crippen LogP) is 1.81. The maximum atomic E-state index is 12.9. The first-order chi connectivity index (χ1) is 11.4. The summed E-state index contributed by atoms with van der Waals surface area (Å²) in [7, 11) is 1.55. The molecule has 1 aromatic rings. The van der Waals surface area contributed by atoms with E-state index in [0.29, 0.717) is 42.7 Å². The molecular formula is C17H21NO6. The SMILES string of the molecule is COC1CC(CC(=O)O)N(C(=O)c2oc3c(c2C)C(=O)CCC3)C1. The summed E-state index contributed by atoms with van der Waals surface area (Å²) >= 11 is 0. The summed E-state index contributed by atoms with van der Waals surface area (Å²) in [4.78, 5) is 37.6. The molecule has 0 saturated carbocycles. The Balaban J connectivity index is 1.90. The molecule has 1 amide bonds. The third-order valence-electron chi connectivity index (χ3n) is 4.88. The molecule has 0 aromatic carbocycles. The number of hydrogen-bond acceptors (Lipinski definition) is 5. The lowest BCUT2D eigenvalue weighted by Gasteiger charge is -2.22. The van der Waals surface area contributed by atoms with Gasteiger partial charge in [0.15, 0.2) is 11.5 Å². The summed E-state index contributed by atoms with van der Waals surface area (Å²) in [6.45, 7) is 2.04. The maximum Gasteiger partial charge on any atom is 0.305 e. The van der Waals surface area contributed by atoms with Gasteiger partial charge in [-0.25, -0.2) is 0 Å². The second-order valence-electron chi connectivity index (χ2n) is 6.43. The fraction of sp³-hybridized carbons (Fsp3) is 0.588. The molecule has 0 spiro atoms. The highest BCUT2D eigenvalue weighted by atomic mass is 16.5. The lowest BCUT2D eigenvalue weighted by molar-refractivity contribution is -0.138. The van der Waals surface area contributed by atoms with E-state index < -0.39 is 12.0 Å². The van der Waals surface area contributed by atoms with Crippen LogP contribution in [0.4, 0.5) is 0 Å². The van der Waals surface area contributed by atoms with Crippen LogP contribution in [0.1, 0.15) is 57.9 Å². The molecule has 2 unspecified atom stereocenters. The number of fused-ring (bicyclic) bond motifs is 1. The minimum atomic E-state index is -0.958. The second kappa shape index (κ2) is 6.39. The van der Waals surface area contributed by atoms with Gasteiger partial charge in [-0.05, 0) is 19.8 Å². The molecule has 2 heterocycles. The number of rotatable bonds is 4. The molecule has 0 bridgehead atoms. The van der Waals surface area contributed by atoms with Crippen molar-refractivity contribution in [2.24, 2.45) is 0 Å². The number of aryl methyl sites for hydroxylation is 1. The largest absolute Gasteiger partial charge is 0.481 e. The number of Topliss-reactive ketones (excluding diaryl/α,β-unsaturated/α-hetero) is 1. The van der Waals surface area contributed by atoms with E-state index in [1.165, 1.54) is 4.90 Å². The minimum absolute atomic E-state index is 0.00910. The normalized spacial score (nSPS) is 23.4. The summed E-state index contributed by atoms with van der Waals surface area (Å²) in [6.07, 6.45) is 2.00. The molecule has 1 saturated heterocycles. The van der Waals surface area contributed by atoms with Crippen molar-refractivity contribution < 1.29 is 28.6 Å². The third kappa shape index (κ3) is 2.84. The van der Waals surface area contributed by atoms with Crippen LogP contribution in [0.3, 0.4) is 0 Å². The van der Waals surface area contributed by atoms with Crippen LogP contribution in [0.25, 0.3) is 0 Å². The highest BCUT2D eigenvalue weighted by Crippen LogP contribution is 2.32. The number of furan rings is 1. The summed E-state index contributed by atoms with van der Waals surface area (Å²) in [6, 6.07) is -0.433. The van der Waals surface area contributed by atoms with Gasteiger partial charge in [0, 0.05) is 38.1 Å². The van der Waals surface area contributed by atoms with Crippen molar-refractivity contribution in [2.45, 2.75) is 51.2 Å². The van der Waals surface area contributed by atoms with Gasteiger partial charge in [-0.1, -0.05) is 0 Å². The Kier molecular flexibility index (Phi) is 4.45. The van der Waals surface area contributed by atoms with E-state index in [1.54, 1.807) is 14.0 Å². The Morgan fingerprint density at radius 3 is 2.75 bits per heavy atom. The smallest absolute Gasteiger partial charge is 0.305 e. The third-order valence-corrected chi connectivity index (χ3v) is 4.88. The van der Waals surface area contributed by atoms with Gasteiger partial charge in [-0.2, -0.15) is 0 Å². The van der Waals surface area contributed by atoms with Gasteiger partial charge in [-0.15, -0.1) is 0 Å². The van der Waals surface area contributed by atoms with Crippen molar-refractivity contribution in [3.05, 3.63) is 22.6 Å². The highest BCUT2D eigenvalue weighted by molar-refractivity contribution is 6.03. The van der Waals surface area contributed by atoms with Crippen LogP contribution in [0.2, 0.25) is 0 Å². The van der Waals surface area contributed by atoms with Crippen molar-refractivity contribution in [3.63, 3.8) is 0 Å². The van der Waals surface area contributed by atoms with Crippen LogP contribution < -0.4 is 0 Å². The van der Waals surface area contributed by atoms with Crippen molar-refractivity contribution in [1.82, 2.24) is 4.90 Å². The first kappa shape index (κ1) is 16.7. The second-order valence-corrected chi connectivity index (χ2v) is 6.43. The van der Waals surface area contributed by atoms with E-state index >= 15 is 0 Å². The summed E-state index contributed by atoms with van der Waals surface area (Å²) < 4.78 is 11.0. The fourth-order valence-corrected chi connectivity index (χ4v) is 3.67. The van der Waals surface area contributed by atoms with Gasteiger partial charge < -0.3 is 19.2 Å². The monoisotopic (exact) mass is 335 g/mol. The molecule has 1 N–H and O–H groups in total. The summed E-state index contributed by atoms with van der Waals surface area (Å²) in [5.41, 5.74) is 1.09. The predicted molar refractivity (Wildman–Crippen MR) is 83.2 cm³/mol. The number of carbonyl (C=O) groups is 3. The van der Waals surface area contributed by atoms with Crippen molar-refractivity contribution in [2.75, 3.05) is 13.7 Å². The van der Waals surface area contributed by atoms with Gasteiger partial charge in [0.2, 0.25) is 0 Å². The van der Waals surface area contributed by atoms with Crippen LogP contribution in [0.5, 0.6) is 0 Å². The van der Waals surface area contributed by atoms with Crippen LogP contribution in [0, 0.1) is 6.92 Å². The number of carboxylic acids is 1. The van der Waals surface area contributed by atoms with Crippen LogP contribution >= 0.6 is 0 Å². The number of hydrogen-bond donors (Lipinski definition) is 1. The van der Waals surface area contributed by atoms with Crippen molar-refractivity contribution in [3.8, 4) is 0 Å². The number of likely N-dealkylation sites (tertiary alicyclic amines) is 1. The van der Waals surface area contributed by atoms with Crippen molar-refractivity contribution >= 4 is 17.7 Å². The first-order valence-electron chi connectivity index (χ1n) is 8.13. The van der Waals surface area contributed by atoms with E-state index in [4.69, 9.17) is 14.3 Å². The number of carbonyl (C=O) groups excluding carboxylic acids is 2. The summed E-state index contributed by atoms with van der Waals surface area (Å²) in [5, 5.41) is 9.08. The number of amides is 1. The number of ether oxygens (including phenoxy) is 1. The standard InChI is InChI=1S/C17H21NO6/c1-9-15-12(19)4-3-5-13(15)24-16(9)17(22)18-8-11(23-2)6-10(18)7-14(20)21/h10-11H,3-8H2,1-2H3,(H,20,21). The molecule has 0 radical (unpaired) electrons. The number of aliphatic carboxylic acids is 1. The molecule has 7 heteroatoms. The topological polar surface area (TPSA) is 97.1 Å². The van der Waals surface area contributed by atoms with E-state index in [-0.39, 0.29) is 30.0 Å². The molecular weight excluding hydrogens is 314 g/mol. The first-order valence-corrected chi connectivity index (χ1v) is 8.13. The number of carboxylic acid groups (broad SMARTS) is 1. The number of methoxy groups -OCH3 is 1. The lowest BCUT2D eigenvalue weighted by Crippen LogP contribution is -2.37. The maximum absolute atomic E-state index is 12.9. The average molecular weight is 335 g/mol. The van der Waals surface area contributed by atoms with Crippen LogP contribution in [-0.4, -0.2) is 53.5 Å². The average Bonchev–Trinajstić information content (AvgIpc) is 3.08. The van der Waals surface area contributed by atoms with Crippen LogP contribution in [0.15, 0.2) is 4.42 Å². The molecule has 2 atom stereocenters. The molecule has 130 valence electrons. The van der Waals surface area contributed by atoms with Gasteiger partial charge in [0.25, 0.3) is 5.91 Å². The molecule has 24 heavy (non-hydrogen) atoms. The molecule has 1 aliphatic carbocycles. The van der Waals surface area contributed by atoms with E-state index in [0.717, 1.165) is 6.42 Å². The molecule has 7 nitrogen and oxygen atoms in total. The van der Waals surface area contributed by atoms with Crippen molar-refractivity contribution in [1.29, 1.82) is 0 Å². The minimum Gasteiger partial charge on any atom is -0.481 e. The Labute approximate surface area is 139 Å². The Hall–Kier alpha value is -2.15. The molecule has 3 rings (SSSR count). The van der Waals surface area contributed by atoms with Gasteiger partial charge >= 0.3 is 5.97 Å². The zero-order valence-corrected chi connectivity index (χ0v) is 13.8. The van der Waals surface area contributed by atoms with E-state index in [1.807, 2.05) is 0 Å². The van der Waals surface area contributed by atoms with E-state index in [9.17, 15) is 14.4 Å². The fourth-order valence-electron chi connectivity index (χ4n) is 3.67. The van der Waals surface area contributed by atoms with Gasteiger partial charge in [-0.3, -0.25) is 14.4 Å². The molecule has 1 fully saturated rings. The zero-order chi connectivity index (χ0) is 17.4. The Morgan fingerprint density at radius 1 is 1.38 bits per heavy atom. The van der Waals surface area contributed by atoms with Gasteiger partial charge in [0.05, 0.1) is 18.1 Å². The van der Waals surface area contributed by atoms with Gasteiger partial charge in [0.1, 0.15) is 5.76 Å². The van der Waals surface area contributed by atoms with Crippen LogP contribution in [-0.2, 0) is 16.0 Å². The molecule has 1 aromatic heterocycles. The van der Waals surface area contributed by atoms with E-state index in [2.05, 4.69) is 0 Å². The lowest BCUT2D eigenvalue weighted by atomic mass is 9.94. The highest BCUT2D eigenvalue weighted by Gasteiger charge is 2.39. The quantitative estimate of drug-likeness (QED) is 0.901. The summed E-state index contributed by atoms with van der Waals surface area (Å²) in [5.74, 6) is -0.581. The molecule has 1 aliphatic heterocycles. The zero-order valence-electron chi connectivity index (χ0n) is 13.8.